The molecule has 0 bridgehead atoms. The third-order valence-corrected chi connectivity index (χ3v) is 4.28. The highest BCUT2D eigenvalue weighted by molar-refractivity contribution is 6.30. The predicted molar refractivity (Wildman–Crippen MR) is 107 cm³/mol. The Bertz CT molecular complexity index is 881. The standard InChI is InChI=1S/C21H22ClNO6/c1-13(15-4-7-17(22)8-5-15)23-20(25)11-29-21(26)12-28-18-9-6-16(14(2)24)10-19(18)27-3/h4-10,13H,11-12H2,1-3H3,(H,23,25)/t13-/m1/s1. The smallest absolute Gasteiger partial charge is 0.344 e. The predicted octanol–water partition coefficient (Wildman–Crippen LogP) is 3.35. The zero-order chi connectivity index (χ0) is 21.4. The molecular formula is C21H22ClNO6. The number of Topliss-reactive ketones (excluding diaryl/α,β-unsaturated/α-hetero) is 1. The largest absolute Gasteiger partial charge is 0.493 e. The van der Waals surface area contributed by atoms with Crippen molar-refractivity contribution in [2.45, 2.75) is 19.9 Å². The number of hydrogen-bond acceptors (Lipinski definition) is 6. The number of benzene rings is 2. The van der Waals surface area contributed by atoms with Crippen molar-refractivity contribution < 1.29 is 28.6 Å². The quantitative estimate of drug-likeness (QED) is 0.495. The van der Waals surface area contributed by atoms with Crippen molar-refractivity contribution in [3.63, 3.8) is 0 Å². The van der Waals surface area contributed by atoms with Crippen molar-refractivity contribution in [3.8, 4) is 11.5 Å². The van der Waals surface area contributed by atoms with Crippen LogP contribution < -0.4 is 14.8 Å². The molecule has 8 heteroatoms. The van der Waals surface area contributed by atoms with Crippen LogP contribution in [0.3, 0.4) is 0 Å². The van der Waals surface area contributed by atoms with Gasteiger partial charge in [0.1, 0.15) is 0 Å². The fraction of sp³-hybridized carbons (Fsp3) is 0.286. The number of halogens is 1. The van der Waals surface area contributed by atoms with Gasteiger partial charge in [-0.2, -0.15) is 0 Å². The first-order valence-electron chi connectivity index (χ1n) is 8.82. The highest BCUT2D eigenvalue weighted by atomic mass is 35.5. The van der Waals surface area contributed by atoms with Gasteiger partial charge in [-0.3, -0.25) is 9.59 Å². The van der Waals surface area contributed by atoms with E-state index in [1.807, 2.05) is 6.92 Å². The SMILES string of the molecule is COc1cc(C(C)=O)ccc1OCC(=O)OCC(=O)N[C@H](C)c1ccc(Cl)cc1. The highest BCUT2D eigenvalue weighted by Gasteiger charge is 2.14. The number of ketones is 1. The van der Waals surface area contributed by atoms with E-state index in [9.17, 15) is 14.4 Å². The summed E-state index contributed by atoms with van der Waals surface area (Å²) in [5.74, 6) is -0.662. The van der Waals surface area contributed by atoms with Gasteiger partial charge in [0.05, 0.1) is 13.2 Å². The molecule has 0 aliphatic carbocycles. The minimum atomic E-state index is -0.711. The van der Waals surface area contributed by atoms with Crippen molar-refractivity contribution in [2.75, 3.05) is 20.3 Å². The van der Waals surface area contributed by atoms with E-state index in [0.717, 1.165) is 5.56 Å². The van der Waals surface area contributed by atoms with Crippen LogP contribution in [0.5, 0.6) is 11.5 Å². The molecule has 2 aromatic carbocycles. The molecule has 0 aromatic heterocycles. The first-order valence-corrected chi connectivity index (χ1v) is 9.20. The number of carbonyl (C=O) groups excluding carboxylic acids is 3. The van der Waals surface area contributed by atoms with Gasteiger partial charge in [-0.15, -0.1) is 0 Å². The number of carbonyl (C=O) groups is 3. The zero-order valence-corrected chi connectivity index (χ0v) is 17.1. The second-order valence-electron chi connectivity index (χ2n) is 6.21. The number of ether oxygens (including phenoxy) is 3. The third-order valence-electron chi connectivity index (χ3n) is 4.03. The van der Waals surface area contributed by atoms with Crippen LogP contribution in [0.15, 0.2) is 42.5 Å². The average Bonchev–Trinajstić information content (AvgIpc) is 2.70. The maximum absolute atomic E-state index is 12.0. The van der Waals surface area contributed by atoms with E-state index in [4.69, 9.17) is 25.8 Å². The minimum absolute atomic E-state index is 0.117. The number of methoxy groups -OCH3 is 1. The Balaban J connectivity index is 1.80. The molecule has 0 spiro atoms. The van der Waals surface area contributed by atoms with E-state index in [1.54, 1.807) is 30.3 Å². The van der Waals surface area contributed by atoms with Gasteiger partial charge in [0.2, 0.25) is 0 Å². The van der Waals surface area contributed by atoms with Crippen LogP contribution in [-0.2, 0) is 14.3 Å². The molecule has 0 aliphatic rings. The summed E-state index contributed by atoms with van der Waals surface area (Å²) in [4.78, 5) is 35.2. The van der Waals surface area contributed by atoms with Crippen LogP contribution in [0.25, 0.3) is 0 Å². The van der Waals surface area contributed by atoms with E-state index < -0.39 is 25.1 Å². The molecule has 0 heterocycles. The molecule has 0 saturated heterocycles. The van der Waals surface area contributed by atoms with Crippen molar-refractivity contribution in [3.05, 3.63) is 58.6 Å². The van der Waals surface area contributed by atoms with Crippen molar-refractivity contribution in [1.29, 1.82) is 0 Å². The Kier molecular flexibility index (Phi) is 8.03. The fourth-order valence-electron chi connectivity index (χ4n) is 2.45. The lowest BCUT2D eigenvalue weighted by atomic mass is 10.1. The first-order chi connectivity index (χ1) is 13.8. The molecule has 2 aromatic rings. The molecule has 1 atom stereocenters. The van der Waals surface area contributed by atoms with Crippen molar-refractivity contribution in [2.24, 2.45) is 0 Å². The molecule has 0 unspecified atom stereocenters. The third kappa shape index (κ3) is 6.80. The molecule has 29 heavy (non-hydrogen) atoms. The van der Waals surface area contributed by atoms with Gasteiger partial charge in [0.15, 0.2) is 30.5 Å². The van der Waals surface area contributed by atoms with Crippen LogP contribution in [0.2, 0.25) is 5.02 Å². The lowest BCUT2D eigenvalue weighted by molar-refractivity contribution is -0.150. The fourth-order valence-corrected chi connectivity index (χ4v) is 2.57. The topological polar surface area (TPSA) is 90.9 Å². The van der Waals surface area contributed by atoms with Crippen LogP contribution in [-0.4, -0.2) is 38.0 Å². The molecule has 0 saturated carbocycles. The van der Waals surface area contributed by atoms with Gasteiger partial charge in [-0.05, 0) is 49.7 Å². The number of esters is 1. The Labute approximate surface area is 173 Å². The molecule has 154 valence electrons. The number of nitrogens with one attached hydrogen (secondary N) is 1. The van der Waals surface area contributed by atoms with E-state index >= 15 is 0 Å². The van der Waals surface area contributed by atoms with Crippen LogP contribution in [0.4, 0.5) is 0 Å². The van der Waals surface area contributed by atoms with Crippen molar-refractivity contribution in [1.82, 2.24) is 5.32 Å². The number of amides is 1. The molecule has 7 nitrogen and oxygen atoms in total. The maximum Gasteiger partial charge on any atom is 0.344 e. The summed E-state index contributed by atoms with van der Waals surface area (Å²) in [5.41, 5.74) is 1.33. The summed E-state index contributed by atoms with van der Waals surface area (Å²) in [6, 6.07) is 11.4. The van der Waals surface area contributed by atoms with E-state index in [2.05, 4.69) is 5.32 Å². The van der Waals surface area contributed by atoms with Gasteiger partial charge in [0, 0.05) is 10.6 Å². The lowest BCUT2D eigenvalue weighted by Gasteiger charge is -2.15. The monoisotopic (exact) mass is 419 g/mol. The van der Waals surface area contributed by atoms with E-state index in [0.29, 0.717) is 16.3 Å². The summed E-state index contributed by atoms with van der Waals surface area (Å²) in [5, 5.41) is 3.33. The highest BCUT2D eigenvalue weighted by Crippen LogP contribution is 2.28. The van der Waals surface area contributed by atoms with Crippen LogP contribution >= 0.6 is 11.6 Å². The normalized spacial score (nSPS) is 11.3. The minimum Gasteiger partial charge on any atom is -0.493 e. The number of hydrogen-bond donors (Lipinski definition) is 1. The molecule has 0 aliphatic heterocycles. The van der Waals surface area contributed by atoms with Gasteiger partial charge in [-0.1, -0.05) is 23.7 Å². The Morgan fingerprint density at radius 1 is 1.03 bits per heavy atom. The second kappa shape index (κ2) is 10.5. The van der Waals surface area contributed by atoms with Crippen molar-refractivity contribution >= 4 is 29.3 Å². The van der Waals surface area contributed by atoms with Gasteiger partial charge >= 0.3 is 5.97 Å². The first kappa shape index (κ1) is 22.2. The summed E-state index contributed by atoms with van der Waals surface area (Å²) < 4.78 is 15.4. The van der Waals surface area contributed by atoms with Crippen LogP contribution in [0, 0.1) is 0 Å². The zero-order valence-electron chi connectivity index (χ0n) is 16.4. The van der Waals surface area contributed by atoms with Gasteiger partial charge in [0.25, 0.3) is 5.91 Å². The Morgan fingerprint density at radius 3 is 2.34 bits per heavy atom. The number of rotatable bonds is 9. The Hall–Kier alpha value is -3.06. The molecule has 1 amide bonds. The summed E-state index contributed by atoms with van der Waals surface area (Å²) in [6.07, 6.45) is 0. The summed E-state index contributed by atoms with van der Waals surface area (Å²) in [7, 11) is 1.43. The molecular weight excluding hydrogens is 398 g/mol. The maximum atomic E-state index is 12.0. The van der Waals surface area contributed by atoms with E-state index in [1.165, 1.54) is 26.2 Å². The van der Waals surface area contributed by atoms with Gasteiger partial charge < -0.3 is 19.5 Å². The summed E-state index contributed by atoms with van der Waals surface area (Å²) >= 11 is 5.84. The van der Waals surface area contributed by atoms with Gasteiger partial charge in [-0.25, -0.2) is 4.79 Å². The molecule has 2 rings (SSSR count). The lowest BCUT2D eigenvalue weighted by Crippen LogP contribution is -2.31. The average molecular weight is 420 g/mol. The molecule has 0 radical (unpaired) electrons. The molecule has 1 N–H and O–H groups in total. The summed E-state index contributed by atoms with van der Waals surface area (Å²) in [6.45, 7) is 2.41. The van der Waals surface area contributed by atoms with E-state index in [-0.39, 0.29) is 17.6 Å². The molecule has 0 fully saturated rings. The van der Waals surface area contributed by atoms with Crippen LogP contribution in [0.1, 0.15) is 35.8 Å². The Morgan fingerprint density at radius 2 is 1.72 bits per heavy atom. The second-order valence-corrected chi connectivity index (χ2v) is 6.65.